The van der Waals surface area contributed by atoms with Crippen LogP contribution in [0.3, 0.4) is 0 Å². The summed E-state index contributed by atoms with van der Waals surface area (Å²) in [6.45, 7) is 2.09. The van der Waals surface area contributed by atoms with Gasteiger partial charge in [0.05, 0.1) is 12.7 Å². The van der Waals surface area contributed by atoms with Gasteiger partial charge in [0.15, 0.2) is 0 Å². The van der Waals surface area contributed by atoms with Crippen molar-refractivity contribution < 1.29 is 20.1 Å². The molecule has 0 aromatic carbocycles. The van der Waals surface area contributed by atoms with Crippen molar-refractivity contribution in [2.75, 3.05) is 6.61 Å². The Morgan fingerprint density at radius 1 is 1.25 bits per heavy atom. The fraction of sp³-hybridized carbons (Fsp3) is 1.00. The Morgan fingerprint density at radius 2 is 1.92 bits per heavy atom. The predicted octanol–water partition coefficient (Wildman–Crippen LogP) is -0.732. The molecule has 3 N–H and O–H groups in total. The van der Waals surface area contributed by atoms with E-state index in [2.05, 4.69) is 0 Å². The van der Waals surface area contributed by atoms with Crippen LogP contribution in [0.1, 0.15) is 19.8 Å². The summed E-state index contributed by atoms with van der Waals surface area (Å²) in [5.41, 5.74) is 0. The molecule has 4 nitrogen and oxygen atoms in total. The number of ether oxygens (including phenoxy) is 1. The second-order valence-corrected chi connectivity index (χ2v) is 3.21. The molecule has 0 amide bonds. The third-order valence-corrected chi connectivity index (χ3v) is 2.18. The van der Waals surface area contributed by atoms with Gasteiger partial charge in [0, 0.05) is 0 Å². The smallest absolute Gasteiger partial charge is 0.111 e. The summed E-state index contributed by atoms with van der Waals surface area (Å²) in [5.74, 6) is 0. The highest BCUT2D eigenvalue weighted by Crippen LogP contribution is 2.18. The molecule has 72 valence electrons. The molecule has 1 saturated heterocycles. The molecule has 4 atom stereocenters. The first-order valence-corrected chi connectivity index (χ1v) is 4.32. The Labute approximate surface area is 71.8 Å². The fourth-order valence-corrected chi connectivity index (χ4v) is 1.41. The minimum atomic E-state index is -1.06. The molecule has 12 heavy (non-hydrogen) atoms. The van der Waals surface area contributed by atoms with Crippen molar-refractivity contribution in [3.8, 4) is 0 Å². The average molecular weight is 176 g/mol. The minimum absolute atomic E-state index is 0.114. The maximum Gasteiger partial charge on any atom is 0.111 e. The van der Waals surface area contributed by atoms with E-state index in [-0.39, 0.29) is 12.7 Å². The van der Waals surface area contributed by atoms with Gasteiger partial charge in [-0.05, 0) is 6.42 Å². The van der Waals surface area contributed by atoms with Crippen molar-refractivity contribution >= 4 is 0 Å². The molecule has 1 aliphatic rings. The molecular weight excluding hydrogens is 160 g/mol. The van der Waals surface area contributed by atoms with Crippen molar-refractivity contribution in [2.45, 2.75) is 44.2 Å². The van der Waals surface area contributed by atoms with Crippen LogP contribution in [0, 0.1) is 0 Å². The van der Waals surface area contributed by atoms with Crippen molar-refractivity contribution in [1.29, 1.82) is 0 Å². The maximum atomic E-state index is 9.40. The lowest BCUT2D eigenvalue weighted by atomic mass is 9.97. The number of rotatable bonds is 2. The van der Waals surface area contributed by atoms with Gasteiger partial charge in [-0.3, -0.25) is 0 Å². The van der Waals surface area contributed by atoms with Crippen LogP contribution in [0.4, 0.5) is 0 Å². The molecule has 0 unspecified atom stereocenters. The van der Waals surface area contributed by atoms with Crippen LogP contribution in [-0.4, -0.2) is 46.3 Å². The lowest BCUT2D eigenvalue weighted by molar-refractivity contribution is -0.188. The molecule has 0 spiro atoms. The molecular formula is C8H16O4. The molecule has 0 aromatic rings. The summed E-state index contributed by atoms with van der Waals surface area (Å²) in [5, 5.41) is 27.8. The van der Waals surface area contributed by atoms with Gasteiger partial charge in [-0.25, -0.2) is 0 Å². The average Bonchev–Trinajstić information content (AvgIpc) is 2.07. The second kappa shape index (κ2) is 4.18. The number of aliphatic hydroxyl groups excluding tert-OH is 3. The molecule has 0 radical (unpaired) electrons. The molecule has 0 saturated carbocycles. The Bertz CT molecular complexity index is 139. The van der Waals surface area contributed by atoms with Crippen molar-refractivity contribution in [2.24, 2.45) is 0 Å². The van der Waals surface area contributed by atoms with E-state index >= 15 is 0 Å². The topological polar surface area (TPSA) is 69.9 Å². The van der Waals surface area contributed by atoms with Crippen LogP contribution in [-0.2, 0) is 4.74 Å². The molecule has 1 fully saturated rings. The lowest BCUT2D eigenvalue weighted by Gasteiger charge is -2.35. The SMILES string of the molecule is CCC[C@@H]1OC[C@@H](O)[C@H](O)[C@H]1O. The van der Waals surface area contributed by atoms with Gasteiger partial charge in [-0.2, -0.15) is 0 Å². The quantitative estimate of drug-likeness (QED) is 0.518. The molecule has 0 aromatic heterocycles. The number of hydrogen-bond donors (Lipinski definition) is 3. The van der Waals surface area contributed by atoms with Gasteiger partial charge in [0.1, 0.15) is 18.3 Å². The second-order valence-electron chi connectivity index (χ2n) is 3.21. The zero-order valence-electron chi connectivity index (χ0n) is 7.18. The normalized spacial score (nSPS) is 43.0. The number of hydrogen-bond acceptors (Lipinski definition) is 4. The van der Waals surface area contributed by atoms with Crippen molar-refractivity contribution in [3.63, 3.8) is 0 Å². The molecule has 1 heterocycles. The van der Waals surface area contributed by atoms with Gasteiger partial charge < -0.3 is 20.1 Å². The predicted molar refractivity (Wildman–Crippen MR) is 42.7 cm³/mol. The van der Waals surface area contributed by atoms with E-state index in [0.29, 0.717) is 6.42 Å². The first-order valence-electron chi connectivity index (χ1n) is 4.32. The Kier molecular flexibility index (Phi) is 3.46. The van der Waals surface area contributed by atoms with E-state index in [0.717, 1.165) is 6.42 Å². The summed E-state index contributed by atoms with van der Waals surface area (Å²) < 4.78 is 5.15. The van der Waals surface area contributed by atoms with E-state index in [9.17, 15) is 10.2 Å². The highest BCUT2D eigenvalue weighted by Gasteiger charge is 2.36. The molecule has 4 heteroatoms. The van der Waals surface area contributed by atoms with E-state index in [1.807, 2.05) is 6.92 Å². The van der Waals surface area contributed by atoms with E-state index in [1.165, 1.54) is 0 Å². The van der Waals surface area contributed by atoms with Crippen LogP contribution in [0.15, 0.2) is 0 Å². The first-order chi connectivity index (χ1) is 5.66. The van der Waals surface area contributed by atoms with Crippen LogP contribution in [0.25, 0.3) is 0 Å². The monoisotopic (exact) mass is 176 g/mol. The standard InChI is InChI=1S/C8H16O4/c1-2-3-6-8(11)7(10)5(9)4-12-6/h5-11H,2-4H2,1H3/t5-,6+,7+,8+/m1/s1. The first kappa shape index (κ1) is 9.92. The third-order valence-electron chi connectivity index (χ3n) is 2.18. The lowest BCUT2D eigenvalue weighted by Crippen LogP contribution is -2.52. The Balaban J connectivity index is 2.46. The molecule has 0 aliphatic carbocycles. The third kappa shape index (κ3) is 1.95. The molecule has 1 aliphatic heterocycles. The van der Waals surface area contributed by atoms with Crippen molar-refractivity contribution in [3.05, 3.63) is 0 Å². The highest BCUT2D eigenvalue weighted by atomic mass is 16.5. The van der Waals surface area contributed by atoms with E-state index < -0.39 is 18.3 Å². The summed E-state index contributed by atoms with van der Waals surface area (Å²) in [6.07, 6.45) is -1.68. The van der Waals surface area contributed by atoms with Crippen LogP contribution in [0.5, 0.6) is 0 Å². The summed E-state index contributed by atoms with van der Waals surface area (Å²) in [6, 6.07) is 0. The summed E-state index contributed by atoms with van der Waals surface area (Å²) in [4.78, 5) is 0. The van der Waals surface area contributed by atoms with Crippen LogP contribution in [0.2, 0.25) is 0 Å². The van der Waals surface area contributed by atoms with Gasteiger partial charge in [0.25, 0.3) is 0 Å². The van der Waals surface area contributed by atoms with Gasteiger partial charge >= 0.3 is 0 Å². The molecule has 1 rings (SSSR count). The summed E-state index contributed by atoms with van der Waals surface area (Å²) >= 11 is 0. The van der Waals surface area contributed by atoms with E-state index in [4.69, 9.17) is 9.84 Å². The van der Waals surface area contributed by atoms with Gasteiger partial charge in [0.2, 0.25) is 0 Å². The Morgan fingerprint density at radius 3 is 2.50 bits per heavy atom. The number of aliphatic hydroxyl groups is 3. The summed E-state index contributed by atoms with van der Waals surface area (Å²) in [7, 11) is 0. The van der Waals surface area contributed by atoms with E-state index in [1.54, 1.807) is 0 Å². The van der Waals surface area contributed by atoms with Crippen LogP contribution >= 0.6 is 0 Å². The van der Waals surface area contributed by atoms with Gasteiger partial charge in [-0.1, -0.05) is 13.3 Å². The van der Waals surface area contributed by atoms with Crippen LogP contribution < -0.4 is 0 Å². The highest BCUT2D eigenvalue weighted by molar-refractivity contribution is 4.85. The van der Waals surface area contributed by atoms with Crippen molar-refractivity contribution in [1.82, 2.24) is 0 Å². The molecule has 0 bridgehead atoms. The maximum absolute atomic E-state index is 9.40. The zero-order chi connectivity index (χ0) is 9.14. The zero-order valence-corrected chi connectivity index (χ0v) is 7.18. The largest absolute Gasteiger partial charge is 0.388 e. The fourth-order valence-electron chi connectivity index (χ4n) is 1.41. The minimum Gasteiger partial charge on any atom is -0.388 e. The van der Waals surface area contributed by atoms with Gasteiger partial charge in [-0.15, -0.1) is 0 Å². The Hall–Kier alpha value is -0.160.